The lowest BCUT2D eigenvalue weighted by Crippen LogP contribution is -2.36. The average molecular weight is 386 g/mol. The predicted octanol–water partition coefficient (Wildman–Crippen LogP) is -2.37. The van der Waals surface area contributed by atoms with E-state index in [0.717, 1.165) is 10.8 Å². The number of hydrogen-bond donors (Lipinski definition) is 4. The van der Waals surface area contributed by atoms with Crippen LogP contribution >= 0.6 is 7.60 Å². The summed E-state index contributed by atoms with van der Waals surface area (Å²) < 4.78 is 23.5. The van der Waals surface area contributed by atoms with Crippen LogP contribution in [0.5, 0.6) is 0 Å². The highest BCUT2D eigenvalue weighted by molar-refractivity contribution is 7.60. The molecular formula is C13H17N5O7P-. The van der Waals surface area contributed by atoms with Crippen molar-refractivity contribution in [1.29, 1.82) is 0 Å². The summed E-state index contributed by atoms with van der Waals surface area (Å²) in [5.41, 5.74) is 4.38. The number of hydrogen-bond acceptors (Lipinski definition) is 9. The lowest BCUT2D eigenvalue weighted by atomic mass is 10.1. The molecule has 5 atom stereocenters. The Hall–Kier alpha value is -2.08. The molecule has 2 aromatic heterocycles. The van der Waals surface area contributed by atoms with Crippen molar-refractivity contribution in [2.75, 3.05) is 12.3 Å². The molecule has 1 fully saturated rings. The fourth-order valence-corrected chi connectivity index (χ4v) is 3.42. The first-order chi connectivity index (χ1) is 12.2. The van der Waals surface area contributed by atoms with Crippen molar-refractivity contribution in [2.24, 2.45) is 0 Å². The lowest BCUT2D eigenvalue weighted by molar-refractivity contribution is -0.0521. The van der Waals surface area contributed by atoms with E-state index in [-0.39, 0.29) is 11.3 Å². The molecule has 12 nitrogen and oxygen atoms in total. The van der Waals surface area contributed by atoms with E-state index >= 15 is 0 Å². The molecule has 1 unspecified atom stereocenters. The van der Waals surface area contributed by atoms with Gasteiger partial charge in [-0.25, -0.2) is 4.79 Å². The second-order valence-corrected chi connectivity index (χ2v) is 7.44. The van der Waals surface area contributed by atoms with Crippen LogP contribution in [-0.2, 0) is 13.8 Å². The standard InChI is InChI=1S/C13H18N5O7P/c1-6-15-4-9(16-6)26(22,23)24-5-7-10(19)11(20)12(25-7)18-3-2-8(14)17-13(18)21/h2-4,7,10-12,19-20H,5H2,1H3,(H4,14,15,16,17,21,22,23)/p-1/t7-,10-,11-,12-/m1/s1. The highest BCUT2D eigenvalue weighted by Gasteiger charge is 2.45. The van der Waals surface area contributed by atoms with Gasteiger partial charge in [-0.2, -0.15) is 4.98 Å². The second-order valence-electron chi connectivity index (χ2n) is 5.68. The molecule has 0 aliphatic carbocycles. The van der Waals surface area contributed by atoms with Crippen LogP contribution in [0.1, 0.15) is 12.1 Å². The van der Waals surface area contributed by atoms with E-state index in [9.17, 15) is 24.5 Å². The third-order valence-corrected chi connectivity index (χ3v) is 5.10. The van der Waals surface area contributed by atoms with Gasteiger partial charge in [0.15, 0.2) is 6.23 Å². The fourth-order valence-electron chi connectivity index (χ4n) is 2.47. The van der Waals surface area contributed by atoms with Crippen molar-refractivity contribution < 1.29 is 28.9 Å². The number of aliphatic hydroxyl groups excluding tert-OH is 2. The van der Waals surface area contributed by atoms with E-state index in [1.807, 2.05) is 0 Å². The SMILES string of the molecule is Cc1nc(P(=O)(O)OC[C@H]2O[C@@H](n3ccc(N)nc3=O)[C@H](O)[C@@H]2O)c[n-]1. The first-order valence-corrected chi connectivity index (χ1v) is 9.07. The zero-order valence-corrected chi connectivity index (χ0v) is 14.4. The minimum atomic E-state index is -4.27. The summed E-state index contributed by atoms with van der Waals surface area (Å²) in [5.74, 6) is 0.298. The van der Waals surface area contributed by atoms with Gasteiger partial charge < -0.3 is 40.1 Å². The van der Waals surface area contributed by atoms with Crippen LogP contribution in [0.4, 0.5) is 5.82 Å². The third kappa shape index (κ3) is 3.56. The maximum Gasteiger partial charge on any atom is 0.354 e. The molecule has 26 heavy (non-hydrogen) atoms. The minimum absolute atomic E-state index is 0.00788. The molecular weight excluding hydrogens is 369 g/mol. The van der Waals surface area contributed by atoms with Crippen LogP contribution in [0.25, 0.3) is 0 Å². The molecule has 1 saturated heterocycles. The normalized spacial score (nSPS) is 28.2. The number of anilines is 1. The largest absolute Gasteiger partial charge is 0.446 e. The highest BCUT2D eigenvalue weighted by Crippen LogP contribution is 2.41. The number of nitrogen functional groups attached to an aromatic ring is 1. The van der Waals surface area contributed by atoms with E-state index in [0.29, 0.717) is 5.82 Å². The Morgan fingerprint density at radius 3 is 2.77 bits per heavy atom. The summed E-state index contributed by atoms with van der Waals surface area (Å²) in [7, 11) is -4.27. The molecule has 0 saturated carbocycles. The first-order valence-electron chi connectivity index (χ1n) is 7.49. The Morgan fingerprint density at radius 2 is 2.15 bits per heavy atom. The molecule has 2 aromatic rings. The quantitative estimate of drug-likeness (QED) is 0.403. The van der Waals surface area contributed by atoms with E-state index in [1.54, 1.807) is 6.92 Å². The summed E-state index contributed by atoms with van der Waals surface area (Å²) in [6.07, 6.45) is -2.99. The van der Waals surface area contributed by atoms with Gasteiger partial charge in [0.05, 0.1) is 6.61 Å². The molecule has 3 heterocycles. The number of rotatable bonds is 5. The third-order valence-electron chi connectivity index (χ3n) is 3.81. The maximum atomic E-state index is 12.2. The predicted molar refractivity (Wildman–Crippen MR) is 86.5 cm³/mol. The van der Waals surface area contributed by atoms with Gasteiger partial charge in [0.2, 0.25) is 0 Å². The van der Waals surface area contributed by atoms with Crippen molar-refractivity contribution >= 4 is 18.8 Å². The monoisotopic (exact) mass is 386 g/mol. The van der Waals surface area contributed by atoms with Crippen LogP contribution in [0, 0.1) is 6.92 Å². The van der Waals surface area contributed by atoms with Gasteiger partial charge in [0, 0.05) is 11.6 Å². The van der Waals surface area contributed by atoms with Crippen LogP contribution in [0.15, 0.2) is 23.3 Å². The van der Waals surface area contributed by atoms with Gasteiger partial charge in [0.1, 0.15) is 24.1 Å². The Balaban J connectivity index is 1.72. The average Bonchev–Trinajstić information content (AvgIpc) is 3.12. The zero-order chi connectivity index (χ0) is 19.1. The number of ether oxygens (including phenoxy) is 1. The van der Waals surface area contributed by atoms with Crippen LogP contribution in [-0.4, -0.2) is 54.6 Å². The van der Waals surface area contributed by atoms with Crippen LogP contribution in [0.2, 0.25) is 0 Å². The number of aryl methyl sites for hydroxylation is 1. The highest BCUT2D eigenvalue weighted by atomic mass is 31.2. The van der Waals surface area contributed by atoms with Crippen molar-refractivity contribution in [1.82, 2.24) is 19.5 Å². The van der Waals surface area contributed by atoms with E-state index in [4.69, 9.17) is 15.0 Å². The maximum absolute atomic E-state index is 12.2. The molecule has 5 N–H and O–H groups in total. The molecule has 0 spiro atoms. The van der Waals surface area contributed by atoms with Gasteiger partial charge in [-0.3, -0.25) is 9.13 Å². The molecule has 0 radical (unpaired) electrons. The Morgan fingerprint density at radius 1 is 1.42 bits per heavy atom. The Kier molecular flexibility index (Phi) is 4.97. The summed E-state index contributed by atoms with van der Waals surface area (Å²) in [5, 5.41) is 20.2. The van der Waals surface area contributed by atoms with Crippen molar-refractivity contribution in [2.45, 2.75) is 31.5 Å². The van der Waals surface area contributed by atoms with Gasteiger partial charge >= 0.3 is 13.3 Å². The number of nitrogens with zero attached hydrogens (tertiary/aromatic N) is 4. The summed E-state index contributed by atoms with van der Waals surface area (Å²) >= 11 is 0. The smallest absolute Gasteiger partial charge is 0.354 e. The van der Waals surface area contributed by atoms with E-state index in [2.05, 4.69) is 15.0 Å². The van der Waals surface area contributed by atoms with Gasteiger partial charge in [0.25, 0.3) is 0 Å². The van der Waals surface area contributed by atoms with Gasteiger partial charge in [-0.15, -0.1) is 0 Å². The Bertz CT molecular complexity index is 899. The van der Waals surface area contributed by atoms with E-state index < -0.39 is 44.4 Å². The topological polar surface area (TPSA) is 184 Å². The van der Waals surface area contributed by atoms with Gasteiger partial charge in [-0.05, 0) is 13.0 Å². The Labute approximate surface area is 146 Å². The molecule has 0 aromatic carbocycles. The molecule has 13 heteroatoms. The summed E-state index contributed by atoms with van der Waals surface area (Å²) in [6, 6.07) is 1.33. The van der Waals surface area contributed by atoms with Crippen LogP contribution < -0.4 is 21.8 Å². The molecule has 0 bridgehead atoms. The van der Waals surface area contributed by atoms with Crippen LogP contribution in [0.3, 0.4) is 0 Å². The van der Waals surface area contributed by atoms with Gasteiger partial charge in [-0.1, -0.05) is 12.0 Å². The lowest BCUT2D eigenvalue weighted by Gasteiger charge is -2.18. The number of aliphatic hydroxyl groups is 2. The number of aromatic nitrogens is 4. The summed E-state index contributed by atoms with van der Waals surface area (Å²) in [6.45, 7) is 1.03. The molecule has 0 amide bonds. The van der Waals surface area contributed by atoms with Crippen molar-refractivity contribution in [3.05, 3.63) is 34.8 Å². The molecule has 142 valence electrons. The number of imidazole rings is 1. The van der Waals surface area contributed by atoms with Crippen molar-refractivity contribution in [3.8, 4) is 0 Å². The summed E-state index contributed by atoms with van der Waals surface area (Å²) in [4.78, 5) is 32.8. The minimum Gasteiger partial charge on any atom is -0.446 e. The number of nitrogens with two attached hydrogens (primary N) is 1. The van der Waals surface area contributed by atoms with Crippen molar-refractivity contribution in [3.63, 3.8) is 0 Å². The fraction of sp³-hybridized carbons (Fsp3) is 0.462. The first kappa shape index (κ1) is 18.7. The molecule has 1 aliphatic heterocycles. The van der Waals surface area contributed by atoms with E-state index in [1.165, 1.54) is 12.3 Å². The molecule has 1 aliphatic rings. The second kappa shape index (κ2) is 6.91. The molecule has 3 rings (SSSR count). The zero-order valence-electron chi connectivity index (χ0n) is 13.5.